The average Bonchev–Trinajstić information content (AvgIpc) is 3.30. The zero-order valence-electron chi connectivity index (χ0n) is 18.2. The first-order valence-corrected chi connectivity index (χ1v) is 12.7. The molecule has 0 fully saturated rings. The van der Waals surface area contributed by atoms with E-state index in [1.165, 1.54) is 6.07 Å². The summed E-state index contributed by atoms with van der Waals surface area (Å²) in [6, 6.07) is 16.5. The molecule has 0 radical (unpaired) electrons. The summed E-state index contributed by atoms with van der Waals surface area (Å²) < 4.78 is 29.0. The minimum absolute atomic E-state index is 0.0398. The molecule has 1 aliphatic heterocycles. The van der Waals surface area contributed by atoms with Crippen LogP contribution in [0.1, 0.15) is 35.1 Å². The van der Waals surface area contributed by atoms with Gasteiger partial charge in [0, 0.05) is 22.7 Å². The van der Waals surface area contributed by atoms with Gasteiger partial charge in [0.1, 0.15) is 0 Å². The minimum atomic E-state index is -3.83. The molecule has 0 bridgehead atoms. The molecule has 0 saturated heterocycles. The topological polar surface area (TPSA) is 101 Å². The highest BCUT2D eigenvalue weighted by Crippen LogP contribution is 2.51. The first kappa shape index (κ1) is 22.4. The monoisotopic (exact) mass is 495 g/mol. The molecule has 2 N–H and O–H groups in total. The van der Waals surface area contributed by atoms with Crippen molar-refractivity contribution >= 4 is 38.7 Å². The highest BCUT2D eigenvalue weighted by molar-refractivity contribution is 7.92. The molecular formula is C25H22ClN3O4S. The van der Waals surface area contributed by atoms with E-state index in [9.17, 15) is 18.5 Å². The fourth-order valence-corrected chi connectivity index (χ4v) is 6.30. The molecule has 2 aliphatic rings. The number of hydrogen-bond acceptors (Lipinski definition) is 5. The van der Waals surface area contributed by atoms with Crippen molar-refractivity contribution in [1.29, 1.82) is 0 Å². The van der Waals surface area contributed by atoms with E-state index in [1.807, 2.05) is 0 Å². The second kappa shape index (κ2) is 8.45. The van der Waals surface area contributed by atoms with Gasteiger partial charge in [0.05, 0.1) is 27.1 Å². The fourth-order valence-electron chi connectivity index (χ4n) is 4.91. The van der Waals surface area contributed by atoms with Crippen molar-refractivity contribution in [2.24, 2.45) is 5.92 Å². The van der Waals surface area contributed by atoms with Gasteiger partial charge in [-0.1, -0.05) is 42.0 Å². The van der Waals surface area contributed by atoms with Crippen molar-refractivity contribution < 1.29 is 13.3 Å². The van der Waals surface area contributed by atoms with Gasteiger partial charge >= 0.3 is 0 Å². The summed E-state index contributed by atoms with van der Waals surface area (Å²) in [6.07, 6.45) is 4.87. The van der Waals surface area contributed by atoms with Crippen LogP contribution in [0.2, 0.25) is 5.02 Å². The zero-order chi connectivity index (χ0) is 24.0. The molecule has 1 heterocycles. The number of halogens is 1. The summed E-state index contributed by atoms with van der Waals surface area (Å²) in [4.78, 5) is 11.4. The van der Waals surface area contributed by atoms with Crippen molar-refractivity contribution in [2.45, 2.75) is 30.2 Å². The smallest absolute Gasteiger partial charge is 0.274 e. The molecule has 5 rings (SSSR count). The molecule has 1 aliphatic carbocycles. The molecule has 34 heavy (non-hydrogen) atoms. The molecule has 0 spiro atoms. The number of aryl methyl sites for hydroxylation is 1. The third-order valence-electron chi connectivity index (χ3n) is 6.55. The van der Waals surface area contributed by atoms with E-state index in [0.29, 0.717) is 16.3 Å². The van der Waals surface area contributed by atoms with Crippen LogP contribution in [-0.4, -0.2) is 13.3 Å². The molecular weight excluding hydrogens is 474 g/mol. The van der Waals surface area contributed by atoms with Crippen LogP contribution in [0.4, 0.5) is 17.1 Å². The molecule has 0 saturated carbocycles. The Labute approximate surface area is 202 Å². The summed E-state index contributed by atoms with van der Waals surface area (Å²) in [5.41, 5.74) is 3.54. The highest BCUT2D eigenvalue weighted by atomic mass is 35.5. The van der Waals surface area contributed by atoms with E-state index in [2.05, 4.69) is 22.2 Å². The number of sulfonamides is 1. The Morgan fingerprint density at radius 1 is 1.09 bits per heavy atom. The van der Waals surface area contributed by atoms with Crippen LogP contribution in [0.15, 0.2) is 77.7 Å². The Balaban J connectivity index is 1.51. The van der Waals surface area contributed by atoms with Crippen LogP contribution in [0.25, 0.3) is 0 Å². The molecule has 0 unspecified atom stereocenters. The number of allylic oxidation sites excluding steroid dienone is 2. The molecule has 9 heteroatoms. The SMILES string of the molecule is Cc1cc(Cl)ccc1NS(=O)(=O)c1ccc2c(c1)[C@H]1C=CC[C@H]1[C@@H](c1ccccc1[N+](=O)[O-])N2. The maximum atomic E-state index is 13.2. The highest BCUT2D eigenvalue weighted by Gasteiger charge is 2.40. The molecule has 3 aromatic carbocycles. The lowest BCUT2D eigenvalue weighted by Gasteiger charge is -2.37. The Bertz CT molecular complexity index is 1440. The van der Waals surface area contributed by atoms with Gasteiger partial charge in [0.2, 0.25) is 0 Å². The van der Waals surface area contributed by atoms with Crippen molar-refractivity contribution in [3.63, 3.8) is 0 Å². The minimum Gasteiger partial charge on any atom is -0.377 e. The molecule has 3 aromatic rings. The summed E-state index contributed by atoms with van der Waals surface area (Å²) in [6.45, 7) is 1.79. The van der Waals surface area contributed by atoms with Crippen molar-refractivity contribution in [1.82, 2.24) is 0 Å². The van der Waals surface area contributed by atoms with Crippen molar-refractivity contribution in [3.05, 3.63) is 105 Å². The number of fused-ring (bicyclic) bond motifs is 3. The fraction of sp³-hybridized carbons (Fsp3) is 0.200. The third kappa shape index (κ3) is 3.93. The Morgan fingerprint density at radius 2 is 1.88 bits per heavy atom. The number of nitro benzene ring substituents is 1. The predicted molar refractivity (Wildman–Crippen MR) is 133 cm³/mol. The van der Waals surface area contributed by atoms with Crippen LogP contribution in [-0.2, 0) is 10.0 Å². The summed E-state index contributed by atoms with van der Waals surface area (Å²) in [5, 5.41) is 15.6. The van der Waals surface area contributed by atoms with E-state index < -0.39 is 10.0 Å². The van der Waals surface area contributed by atoms with Gasteiger partial charge in [-0.25, -0.2) is 8.42 Å². The van der Waals surface area contributed by atoms with Gasteiger partial charge in [0.15, 0.2) is 0 Å². The summed E-state index contributed by atoms with van der Waals surface area (Å²) >= 11 is 5.99. The lowest BCUT2D eigenvalue weighted by Crippen LogP contribution is -2.30. The standard InChI is InChI=1S/C25H22ClN3O4S/c1-15-13-16(26)9-11-22(15)28-34(32,33)17-10-12-23-21(14-17)18-6-4-7-19(18)25(27-23)20-5-2-3-8-24(20)29(30)31/h2-6,8-14,18-19,25,27-28H,7H2,1H3/t18-,19+,25-/m0/s1. The second-order valence-corrected chi connectivity index (χ2v) is 10.7. The largest absolute Gasteiger partial charge is 0.377 e. The average molecular weight is 496 g/mol. The van der Waals surface area contributed by atoms with Gasteiger partial charge in [-0.3, -0.25) is 14.8 Å². The van der Waals surface area contributed by atoms with Gasteiger partial charge < -0.3 is 5.32 Å². The number of rotatable bonds is 5. The lowest BCUT2D eigenvalue weighted by atomic mass is 9.76. The van der Waals surface area contributed by atoms with Gasteiger partial charge in [-0.05, 0) is 66.8 Å². The molecule has 0 aromatic heterocycles. The molecule has 3 atom stereocenters. The van der Waals surface area contributed by atoms with Crippen LogP contribution in [0.5, 0.6) is 0 Å². The zero-order valence-corrected chi connectivity index (χ0v) is 19.8. The molecule has 174 valence electrons. The van der Waals surface area contributed by atoms with E-state index in [-0.39, 0.29) is 33.4 Å². The van der Waals surface area contributed by atoms with E-state index >= 15 is 0 Å². The maximum Gasteiger partial charge on any atom is 0.274 e. The van der Waals surface area contributed by atoms with Gasteiger partial charge in [-0.15, -0.1) is 0 Å². The second-order valence-electron chi connectivity index (χ2n) is 8.61. The number of benzene rings is 3. The number of nitrogens with zero attached hydrogens (tertiary/aromatic N) is 1. The van der Waals surface area contributed by atoms with Gasteiger partial charge in [-0.2, -0.15) is 0 Å². The number of nitrogens with one attached hydrogen (secondary N) is 2. The first-order chi connectivity index (χ1) is 16.2. The predicted octanol–water partition coefficient (Wildman–Crippen LogP) is 6.18. The Morgan fingerprint density at radius 3 is 2.65 bits per heavy atom. The molecule has 7 nitrogen and oxygen atoms in total. The third-order valence-corrected chi connectivity index (χ3v) is 8.14. The Kier molecular flexibility index (Phi) is 5.58. The van der Waals surface area contributed by atoms with Crippen LogP contribution < -0.4 is 10.0 Å². The van der Waals surface area contributed by atoms with Crippen molar-refractivity contribution in [3.8, 4) is 0 Å². The maximum absolute atomic E-state index is 13.2. The quantitative estimate of drug-likeness (QED) is 0.250. The van der Waals surface area contributed by atoms with Crippen LogP contribution in [0.3, 0.4) is 0 Å². The molecule has 0 amide bonds. The van der Waals surface area contributed by atoms with Gasteiger partial charge in [0.25, 0.3) is 15.7 Å². The van der Waals surface area contributed by atoms with Crippen LogP contribution >= 0.6 is 11.6 Å². The van der Waals surface area contributed by atoms with E-state index in [4.69, 9.17) is 11.6 Å². The number of hydrogen-bond donors (Lipinski definition) is 2. The van der Waals surface area contributed by atoms with E-state index in [1.54, 1.807) is 61.5 Å². The number of nitro groups is 1. The van der Waals surface area contributed by atoms with Crippen LogP contribution in [0, 0.1) is 23.0 Å². The lowest BCUT2D eigenvalue weighted by molar-refractivity contribution is -0.385. The van der Waals surface area contributed by atoms with E-state index in [0.717, 1.165) is 23.2 Å². The first-order valence-electron chi connectivity index (χ1n) is 10.8. The number of anilines is 2. The summed E-state index contributed by atoms with van der Waals surface area (Å²) in [5.74, 6) is -0.00787. The van der Waals surface area contributed by atoms with Crippen molar-refractivity contribution in [2.75, 3.05) is 10.0 Å². The normalized spacial score (nSPS) is 20.8. The Hall–Kier alpha value is -3.36. The number of para-hydroxylation sites is 1. The summed E-state index contributed by atoms with van der Waals surface area (Å²) in [7, 11) is -3.83.